The molecule has 0 saturated carbocycles. The zero-order valence-electron chi connectivity index (χ0n) is 10.7. The third-order valence-electron chi connectivity index (χ3n) is 3.29. The molecule has 1 aromatic rings. The van der Waals surface area contributed by atoms with E-state index in [0.29, 0.717) is 6.61 Å². The summed E-state index contributed by atoms with van der Waals surface area (Å²) in [6.45, 7) is 5.77. The Morgan fingerprint density at radius 3 is 2.78 bits per heavy atom. The van der Waals surface area contributed by atoms with Gasteiger partial charge in [0.25, 0.3) is 0 Å². The minimum Gasteiger partial charge on any atom is -0.492 e. The summed E-state index contributed by atoms with van der Waals surface area (Å²) in [5.74, 6) is 0.776. The van der Waals surface area contributed by atoms with E-state index in [1.807, 2.05) is 18.2 Å². The highest BCUT2D eigenvalue weighted by molar-refractivity contribution is 9.10. The highest BCUT2D eigenvalue weighted by Crippen LogP contribution is 2.28. The van der Waals surface area contributed by atoms with Gasteiger partial charge in [-0.1, -0.05) is 22.0 Å². The lowest BCUT2D eigenvalue weighted by Crippen LogP contribution is -2.25. The van der Waals surface area contributed by atoms with Crippen LogP contribution in [0.3, 0.4) is 0 Å². The van der Waals surface area contributed by atoms with E-state index in [4.69, 9.17) is 4.74 Å². The van der Waals surface area contributed by atoms with Crippen LogP contribution < -0.4 is 4.74 Å². The molecule has 1 aromatic carbocycles. The predicted octanol–water partition coefficient (Wildman–Crippen LogP) is 2.98. The molecule has 0 amide bonds. The Labute approximate surface area is 117 Å². The molecule has 0 aromatic heterocycles. The maximum atomic E-state index is 9.70. The second kappa shape index (κ2) is 6.55. The number of likely N-dealkylation sites (tertiary alicyclic amines) is 1. The number of ether oxygens (including phenoxy) is 1. The summed E-state index contributed by atoms with van der Waals surface area (Å²) in [5, 5.41) is 9.70. The van der Waals surface area contributed by atoms with Crippen molar-refractivity contribution in [1.29, 1.82) is 0 Å². The lowest BCUT2D eigenvalue weighted by atomic mass is 10.1. The molecule has 18 heavy (non-hydrogen) atoms. The molecule has 0 aliphatic carbocycles. The maximum absolute atomic E-state index is 9.70. The molecule has 1 unspecified atom stereocenters. The fraction of sp³-hybridized carbons (Fsp3) is 0.571. The highest BCUT2D eigenvalue weighted by Gasteiger charge is 2.13. The molecule has 0 spiro atoms. The zero-order chi connectivity index (χ0) is 13.0. The third-order valence-corrected chi connectivity index (χ3v) is 3.78. The summed E-state index contributed by atoms with van der Waals surface area (Å²) >= 11 is 3.43. The first-order valence-electron chi connectivity index (χ1n) is 6.49. The van der Waals surface area contributed by atoms with Gasteiger partial charge in [-0.25, -0.2) is 0 Å². The van der Waals surface area contributed by atoms with Crippen molar-refractivity contribution >= 4 is 15.9 Å². The first-order chi connectivity index (χ1) is 8.66. The molecule has 1 N–H and O–H groups in total. The Hall–Kier alpha value is -0.580. The number of hydrogen-bond acceptors (Lipinski definition) is 3. The molecule has 0 radical (unpaired) electrons. The number of benzene rings is 1. The van der Waals surface area contributed by atoms with Crippen LogP contribution in [0.25, 0.3) is 0 Å². The molecule has 100 valence electrons. The molecule has 1 saturated heterocycles. The van der Waals surface area contributed by atoms with E-state index in [-0.39, 0.29) is 0 Å². The van der Waals surface area contributed by atoms with E-state index >= 15 is 0 Å². The summed E-state index contributed by atoms with van der Waals surface area (Å²) in [7, 11) is 0. The number of aliphatic hydroxyl groups excluding tert-OH is 1. The van der Waals surface area contributed by atoms with Crippen molar-refractivity contribution in [2.75, 3.05) is 26.2 Å². The molecule has 1 heterocycles. The van der Waals surface area contributed by atoms with Crippen molar-refractivity contribution in [2.45, 2.75) is 25.9 Å². The molecule has 1 aliphatic heterocycles. The number of rotatable bonds is 5. The van der Waals surface area contributed by atoms with Crippen LogP contribution in [0.15, 0.2) is 22.7 Å². The monoisotopic (exact) mass is 313 g/mol. The van der Waals surface area contributed by atoms with Crippen molar-refractivity contribution in [1.82, 2.24) is 4.90 Å². The maximum Gasteiger partial charge on any atom is 0.126 e. The van der Waals surface area contributed by atoms with Crippen LogP contribution in [-0.2, 0) is 0 Å². The van der Waals surface area contributed by atoms with Crippen molar-refractivity contribution < 1.29 is 9.84 Å². The fourth-order valence-corrected chi connectivity index (χ4v) is 2.61. The van der Waals surface area contributed by atoms with Gasteiger partial charge in [0.15, 0.2) is 0 Å². The summed E-state index contributed by atoms with van der Waals surface area (Å²) in [6, 6.07) is 5.75. The second-order valence-corrected chi connectivity index (χ2v) is 5.67. The van der Waals surface area contributed by atoms with Crippen molar-refractivity contribution in [3.63, 3.8) is 0 Å². The van der Waals surface area contributed by atoms with Crippen molar-refractivity contribution in [2.24, 2.45) is 0 Å². The summed E-state index contributed by atoms with van der Waals surface area (Å²) in [6.07, 6.45) is 2.10. The van der Waals surface area contributed by atoms with Gasteiger partial charge in [0.05, 0.1) is 6.10 Å². The molecule has 2 rings (SSSR count). The van der Waals surface area contributed by atoms with Gasteiger partial charge in [-0.3, -0.25) is 4.90 Å². The van der Waals surface area contributed by atoms with Gasteiger partial charge in [-0.05, 0) is 45.0 Å². The van der Waals surface area contributed by atoms with Crippen molar-refractivity contribution in [3.8, 4) is 5.75 Å². The zero-order valence-corrected chi connectivity index (χ0v) is 12.3. The van der Waals surface area contributed by atoms with E-state index in [1.54, 1.807) is 6.92 Å². The first-order valence-corrected chi connectivity index (χ1v) is 7.29. The minimum atomic E-state index is -0.500. The summed E-state index contributed by atoms with van der Waals surface area (Å²) < 4.78 is 6.78. The van der Waals surface area contributed by atoms with Crippen LogP contribution >= 0.6 is 15.9 Å². The molecule has 4 heteroatoms. The normalized spacial score (nSPS) is 17.9. The lowest BCUT2D eigenvalue weighted by molar-refractivity contribution is 0.186. The van der Waals surface area contributed by atoms with Crippen LogP contribution in [0, 0.1) is 0 Å². The Morgan fingerprint density at radius 1 is 1.39 bits per heavy atom. The van der Waals surface area contributed by atoms with Gasteiger partial charge in [-0.15, -0.1) is 0 Å². The lowest BCUT2D eigenvalue weighted by Gasteiger charge is -2.17. The Bertz CT molecular complexity index is 389. The second-order valence-electron chi connectivity index (χ2n) is 4.76. The third kappa shape index (κ3) is 3.70. The van der Waals surface area contributed by atoms with E-state index in [2.05, 4.69) is 20.8 Å². The molecular formula is C14H20BrNO2. The Morgan fingerprint density at radius 2 is 2.11 bits per heavy atom. The van der Waals surface area contributed by atoms with Gasteiger partial charge in [0.1, 0.15) is 12.4 Å². The van der Waals surface area contributed by atoms with Gasteiger partial charge < -0.3 is 9.84 Å². The summed E-state index contributed by atoms with van der Waals surface area (Å²) in [5.41, 5.74) is 0.847. The average Bonchev–Trinajstić information content (AvgIpc) is 2.82. The van der Waals surface area contributed by atoms with Crippen molar-refractivity contribution in [3.05, 3.63) is 28.2 Å². The quantitative estimate of drug-likeness (QED) is 0.907. The molecule has 3 nitrogen and oxygen atoms in total. The Kier molecular flexibility index (Phi) is 5.03. The van der Waals surface area contributed by atoms with Gasteiger partial charge in [0, 0.05) is 16.6 Å². The van der Waals surface area contributed by atoms with Gasteiger partial charge in [-0.2, -0.15) is 0 Å². The molecule has 1 fully saturated rings. The molecular weight excluding hydrogens is 294 g/mol. The average molecular weight is 314 g/mol. The number of halogens is 1. The standard InChI is InChI=1S/C14H20BrNO2/c1-11(17)13-5-4-12(15)10-14(13)18-9-8-16-6-2-3-7-16/h4-5,10-11,17H,2-3,6-9H2,1H3. The number of aliphatic hydroxyl groups is 1. The molecule has 0 bridgehead atoms. The van der Waals surface area contributed by atoms with Crippen LogP contribution in [0.1, 0.15) is 31.4 Å². The Balaban J connectivity index is 1.92. The summed E-state index contributed by atoms with van der Waals surface area (Å²) in [4.78, 5) is 2.42. The largest absolute Gasteiger partial charge is 0.492 e. The smallest absolute Gasteiger partial charge is 0.126 e. The highest BCUT2D eigenvalue weighted by atomic mass is 79.9. The van der Waals surface area contributed by atoms with E-state index in [9.17, 15) is 5.11 Å². The number of nitrogens with zero attached hydrogens (tertiary/aromatic N) is 1. The molecule has 1 atom stereocenters. The van der Waals surface area contributed by atoms with Crippen LogP contribution in [0.5, 0.6) is 5.75 Å². The van der Waals surface area contributed by atoms with E-state index in [1.165, 1.54) is 25.9 Å². The minimum absolute atomic E-state index is 0.500. The first kappa shape index (κ1) is 13.8. The topological polar surface area (TPSA) is 32.7 Å². The van der Waals surface area contributed by atoms with Crippen LogP contribution in [0.2, 0.25) is 0 Å². The predicted molar refractivity (Wildman–Crippen MR) is 75.9 cm³/mol. The van der Waals surface area contributed by atoms with Gasteiger partial charge >= 0.3 is 0 Å². The van der Waals surface area contributed by atoms with Crippen LogP contribution in [-0.4, -0.2) is 36.2 Å². The van der Waals surface area contributed by atoms with Crippen LogP contribution in [0.4, 0.5) is 0 Å². The van der Waals surface area contributed by atoms with Gasteiger partial charge in [0.2, 0.25) is 0 Å². The van der Waals surface area contributed by atoms with E-state index < -0.39 is 6.10 Å². The van der Waals surface area contributed by atoms with E-state index in [0.717, 1.165) is 22.3 Å². The SMILES string of the molecule is CC(O)c1ccc(Br)cc1OCCN1CCCC1. The fourth-order valence-electron chi connectivity index (χ4n) is 2.27. The number of hydrogen-bond donors (Lipinski definition) is 1. The molecule has 1 aliphatic rings.